The molecule has 0 radical (unpaired) electrons. The molecular weight excluding hydrogens is 1030 g/mol. The van der Waals surface area contributed by atoms with E-state index in [1.165, 1.54) is 0 Å². The number of ether oxygens (including phenoxy) is 6. The van der Waals surface area contributed by atoms with Crippen molar-refractivity contribution in [2.24, 2.45) is 17.6 Å². The number of hydrogen-bond donors (Lipinski definition) is 4. The first-order valence-corrected chi connectivity index (χ1v) is 27.3. The highest BCUT2D eigenvalue weighted by molar-refractivity contribution is 5.98. The highest BCUT2D eigenvalue weighted by Gasteiger charge is 2.40. The van der Waals surface area contributed by atoms with Crippen LogP contribution in [0.1, 0.15) is 132 Å². The van der Waals surface area contributed by atoms with Crippen molar-refractivity contribution in [3.63, 3.8) is 0 Å². The van der Waals surface area contributed by atoms with Crippen LogP contribution in [0.4, 0.5) is 9.59 Å². The van der Waals surface area contributed by atoms with E-state index >= 15 is 0 Å². The molecule has 6 heterocycles. The Kier molecular flexibility index (Phi) is 18.1. The zero-order valence-corrected chi connectivity index (χ0v) is 46.8. The van der Waals surface area contributed by atoms with E-state index in [-0.39, 0.29) is 43.1 Å². The first kappa shape index (κ1) is 58.7. The number of nitrogens with zero attached hydrogens (tertiary/aromatic N) is 6. The SMILES string of the molecule is C.COc1cc(-c2nc3n(c2C(=O)O)NCCC3C2CCN(C(=O)OC(C)(C)C)CC2)ccc1Oc1ccccc1.COc1cc(-c2nc3n(c2C(N)=O)NCCC3C2CCN(C(=O)OC(C)(C)C)CC2)ccc1Oc1ccccc1. The third kappa shape index (κ3) is 13.6. The molecule has 5 N–H and O–H groups in total. The number of aromatic nitrogens is 4. The molecule has 6 aromatic rings. The van der Waals surface area contributed by atoms with Gasteiger partial charge in [-0.05, 0) is 153 Å². The zero-order chi connectivity index (χ0) is 56.9. The second kappa shape index (κ2) is 24.9. The number of para-hydroxylation sites is 2. The van der Waals surface area contributed by atoms with E-state index in [1.807, 2.05) is 120 Å². The Morgan fingerprint density at radius 1 is 0.556 bits per heavy atom. The van der Waals surface area contributed by atoms with Gasteiger partial charge in [-0.3, -0.25) is 4.79 Å². The largest absolute Gasteiger partial charge is 0.493 e. The van der Waals surface area contributed by atoms with Crippen molar-refractivity contribution < 1.29 is 52.7 Å². The number of hydrogen-bond acceptors (Lipinski definition) is 14. The maximum atomic E-state index is 12.7. The van der Waals surface area contributed by atoms with Gasteiger partial charge < -0.3 is 59.9 Å². The fourth-order valence-corrected chi connectivity index (χ4v) is 11.0. The number of carboxylic acids is 1. The fraction of sp³-hybridized carbons (Fsp3) is 0.443. The van der Waals surface area contributed by atoms with Gasteiger partial charge in [0, 0.05) is 62.2 Å². The quantitative estimate of drug-likeness (QED) is 0.0892. The van der Waals surface area contributed by atoms with E-state index in [0.717, 1.165) is 44.3 Å². The molecule has 3 amide bonds. The van der Waals surface area contributed by atoms with Gasteiger partial charge in [0.05, 0.1) is 14.2 Å². The summed E-state index contributed by atoms with van der Waals surface area (Å²) in [5.41, 5.74) is 14.0. The van der Waals surface area contributed by atoms with E-state index in [9.17, 15) is 24.3 Å². The van der Waals surface area contributed by atoms with Crippen molar-refractivity contribution >= 4 is 24.1 Å². The Labute approximate surface area is 473 Å². The van der Waals surface area contributed by atoms with Gasteiger partial charge in [-0.1, -0.05) is 43.8 Å². The minimum absolute atomic E-state index is 0. The normalized spacial score (nSPS) is 17.3. The summed E-state index contributed by atoms with van der Waals surface area (Å²) in [4.78, 5) is 63.7. The van der Waals surface area contributed by atoms with Crippen molar-refractivity contribution in [3.05, 3.63) is 120 Å². The minimum atomic E-state index is -1.06. The third-order valence-corrected chi connectivity index (χ3v) is 14.7. The second-order valence-electron chi connectivity index (χ2n) is 22.5. The zero-order valence-electron chi connectivity index (χ0n) is 46.8. The second-order valence-corrected chi connectivity index (χ2v) is 22.5. The van der Waals surface area contributed by atoms with Crippen LogP contribution in [-0.4, -0.2) is 123 Å². The molecular formula is C61H77N9O11. The standard InChI is InChI=1S/C30H37N5O5.C30H36N4O6.CH4/c1-30(2,3)40-29(37)34-16-13-19(14-17-34)22-12-15-32-35-26(27(31)36)25(33-28(22)35)20-10-11-23(24(18-20)38-4)39-21-8-6-5-7-9-21;1-30(2,3)40-29(37)33-16-13-19(14-17-33)22-12-15-31-34-26(28(35)36)25(32-27(22)34)20-10-11-23(24(18-20)38-4)39-21-8-6-5-7-9-21;/h5-11,18-19,22,32H,12-17H2,1-4H3,(H2,31,36);5-11,18-19,22,31H,12-17H2,1-4H3,(H,35,36);1H4. The topological polar surface area (TPSA) is 236 Å². The van der Waals surface area contributed by atoms with Crippen LogP contribution < -0.4 is 35.5 Å². The minimum Gasteiger partial charge on any atom is -0.493 e. The molecule has 20 nitrogen and oxygen atoms in total. The molecule has 4 aliphatic rings. The van der Waals surface area contributed by atoms with Gasteiger partial charge in [0.1, 0.15) is 45.7 Å². The number of nitrogens with one attached hydrogen (secondary N) is 2. The summed E-state index contributed by atoms with van der Waals surface area (Å²) in [6.07, 6.45) is 4.40. The smallest absolute Gasteiger partial charge is 0.410 e. The maximum Gasteiger partial charge on any atom is 0.410 e. The van der Waals surface area contributed by atoms with Crippen molar-refractivity contribution in [3.8, 4) is 57.0 Å². The number of imidazole rings is 2. The number of piperidine rings is 2. The lowest BCUT2D eigenvalue weighted by molar-refractivity contribution is 0.0160. The highest BCUT2D eigenvalue weighted by atomic mass is 16.6. The number of methoxy groups -OCH3 is 2. The molecule has 2 fully saturated rings. The Morgan fingerprint density at radius 3 is 1.30 bits per heavy atom. The van der Waals surface area contributed by atoms with Crippen LogP contribution in [0.3, 0.4) is 0 Å². The van der Waals surface area contributed by atoms with Crippen LogP contribution in [-0.2, 0) is 9.47 Å². The van der Waals surface area contributed by atoms with Crippen LogP contribution >= 0.6 is 0 Å². The van der Waals surface area contributed by atoms with Crippen LogP contribution in [0, 0.1) is 11.8 Å². The molecule has 81 heavy (non-hydrogen) atoms. The van der Waals surface area contributed by atoms with Gasteiger partial charge in [0.2, 0.25) is 0 Å². The molecule has 4 aliphatic heterocycles. The molecule has 2 aromatic heterocycles. The van der Waals surface area contributed by atoms with E-state index in [2.05, 4.69) is 10.9 Å². The van der Waals surface area contributed by atoms with Gasteiger partial charge in [-0.2, -0.15) is 0 Å². The van der Waals surface area contributed by atoms with Gasteiger partial charge in [0.25, 0.3) is 5.91 Å². The summed E-state index contributed by atoms with van der Waals surface area (Å²) in [6, 6.07) is 29.6. The fourth-order valence-electron chi connectivity index (χ4n) is 11.0. The van der Waals surface area contributed by atoms with Crippen molar-refractivity contribution in [1.29, 1.82) is 0 Å². The Balaban J connectivity index is 0.000000210. The first-order valence-electron chi connectivity index (χ1n) is 27.3. The van der Waals surface area contributed by atoms with Crippen molar-refractivity contribution in [2.45, 2.75) is 111 Å². The number of primary amides is 1. The lowest BCUT2D eigenvalue weighted by Gasteiger charge is -2.38. The monoisotopic (exact) mass is 1110 g/mol. The number of nitrogens with two attached hydrogens (primary N) is 1. The average molecular weight is 1110 g/mol. The molecule has 2 atom stereocenters. The summed E-state index contributed by atoms with van der Waals surface area (Å²) in [7, 11) is 3.12. The number of carbonyl (C=O) groups excluding carboxylic acids is 3. The van der Waals surface area contributed by atoms with E-state index < -0.39 is 23.1 Å². The molecule has 0 aliphatic carbocycles. The third-order valence-electron chi connectivity index (χ3n) is 14.7. The molecule has 0 bridgehead atoms. The molecule has 20 heteroatoms. The van der Waals surface area contributed by atoms with E-state index in [0.29, 0.717) is 114 Å². The summed E-state index contributed by atoms with van der Waals surface area (Å²) in [5, 5.41) is 10.2. The van der Waals surface area contributed by atoms with Crippen LogP contribution in [0.25, 0.3) is 22.5 Å². The highest BCUT2D eigenvalue weighted by Crippen LogP contribution is 2.43. The van der Waals surface area contributed by atoms with Crippen LogP contribution in [0.15, 0.2) is 97.1 Å². The molecule has 2 unspecified atom stereocenters. The number of likely N-dealkylation sites (tertiary alicyclic amines) is 2. The first-order chi connectivity index (χ1) is 38.3. The predicted molar refractivity (Wildman–Crippen MR) is 308 cm³/mol. The number of rotatable bonds is 12. The van der Waals surface area contributed by atoms with Crippen molar-refractivity contribution in [2.75, 3.05) is 64.3 Å². The summed E-state index contributed by atoms with van der Waals surface area (Å²) < 4.78 is 37.7. The lowest BCUT2D eigenvalue weighted by Crippen LogP contribution is -2.43. The van der Waals surface area contributed by atoms with Gasteiger partial charge >= 0.3 is 18.2 Å². The molecule has 2 saturated heterocycles. The molecule has 0 saturated carbocycles. The molecule has 432 valence electrons. The maximum absolute atomic E-state index is 12.7. The van der Waals surface area contributed by atoms with Crippen LogP contribution in [0.2, 0.25) is 0 Å². The van der Waals surface area contributed by atoms with Gasteiger partial charge in [0.15, 0.2) is 34.4 Å². The number of carbonyl (C=O) groups is 4. The van der Waals surface area contributed by atoms with Gasteiger partial charge in [-0.25, -0.2) is 33.7 Å². The summed E-state index contributed by atoms with van der Waals surface area (Å²) >= 11 is 0. The van der Waals surface area contributed by atoms with Crippen LogP contribution in [0.5, 0.6) is 34.5 Å². The number of carboxylic acid groups (broad SMARTS) is 1. The van der Waals surface area contributed by atoms with E-state index in [4.69, 9.17) is 44.1 Å². The molecule has 10 rings (SSSR count). The van der Waals surface area contributed by atoms with Crippen molar-refractivity contribution in [1.82, 2.24) is 29.1 Å². The van der Waals surface area contributed by atoms with E-state index in [1.54, 1.807) is 51.6 Å². The number of aromatic carboxylic acids is 1. The predicted octanol–water partition coefficient (Wildman–Crippen LogP) is 11.5. The lowest BCUT2D eigenvalue weighted by atomic mass is 9.81. The Morgan fingerprint density at radius 2 is 0.938 bits per heavy atom. The Hall–Kier alpha value is -8.42. The molecule has 4 aromatic carbocycles. The number of benzene rings is 4. The Bertz CT molecular complexity index is 2960. The summed E-state index contributed by atoms with van der Waals surface area (Å²) in [5.74, 6) is 4.05. The number of fused-ring (bicyclic) bond motifs is 2. The average Bonchev–Trinajstić information content (AvgIpc) is 4.14. The summed E-state index contributed by atoms with van der Waals surface area (Å²) in [6.45, 7) is 15.0. The number of amides is 3. The van der Waals surface area contributed by atoms with Gasteiger partial charge in [-0.15, -0.1) is 0 Å². The molecule has 0 spiro atoms.